The van der Waals surface area contributed by atoms with Crippen LogP contribution in [0.25, 0.3) is 0 Å². The number of hydrogen-bond donors (Lipinski definition) is 4. The standard InChI is InChI=1S/C43H76O9/c1-3-5-7-8-9-10-11-12-13-14-15-16-17-18-19-20-21-22-23-24-25-26-27-28-29-31-33-49-35-37(51-39(45)32-30-6-4-2)36-50-43-42(48)41(47)40(46)38(34-44)52-43/h5,7,9-10,12-13,15-16,37-38,40-44,46-48H,3-4,6,8,11,14,17-36H2,1-2H3/b7-5-,10-9-,13-12-,16-15-. The second-order valence-electron chi connectivity index (χ2n) is 14.1. The predicted octanol–water partition coefficient (Wildman–Crippen LogP) is 8.58. The first-order chi connectivity index (χ1) is 25.4. The molecule has 0 aromatic carbocycles. The molecule has 0 amide bonds. The van der Waals surface area contributed by atoms with Crippen LogP contribution in [0.5, 0.6) is 0 Å². The average molecular weight is 737 g/mol. The molecule has 9 nitrogen and oxygen atoms in total. The van der Waals surface area contributed by atoms with Gasteiger partial charge in [-0.25, -0.2) is 0 Å². The molecule has 0 aliphatic carbocycles. The third-order valence-corrected chi connectivity index (χ3v) is 9.26. The Morgan fingerprint density at radius 1 is 0.635 bits per heavy atom. The van der Waals surface area contributed by atoms with Crippen molar-refractivity contribution in [3.8, 4) is 0 Å². The van der Waals surface area contributed by atoms with E-state index in [4.69, 9.17) is 18.9 Å². The summed E-state index contributed by atoms with van der Waals surface area (Å²) in [6.45, 7) is 4.26. The lowest BCUT2D eigenvalue weighted by Crippen LogP contribution is -2.59. The number of aliphatic hydroxyl groups is 4. The van der Waals surface area contributed by atoms with Gasteiger partial charge in [-0.3, -0.25) is 4.79 Å². The minimum atomic E-state index is -1.53. The molecule has 0 saturated carbocycles. The molecule has 1 saturated heterocycles. The average Bonchev–Trinajstić information content (AvgIpc) is 3.14. The summed E-state index contributed by atoms with van der Waals surface area (Å²) in [5.74, 6) is -0.340. The van der Waals surface area contributed by atoms with E-state index in [0.717, 1.165) is 57.8 Å². The Morgan fingerprint density at radius 2 is 1.17 bits per heavy atom. The van der Waals surface area contributed by atoms with Gasteiger partial charge in [-0.2, -0.15) is 0 Å². The summed E-state index contributed by atoms with van der Waals surface area (Å²) in [6.07, 6.45) is 35.2. The molecule has 4 N–H and O–H groups in total. The van der Waals surface area contributed by atoms with Crippen molar-refractivity contribution in [1.82, 2.24) is 0 Å². The molecule has 6 unspecified atom stereocenters. The summed E-state index contributed by atoms with van der Waals surface area (Å²) in [5.41, 5.74) is 0. The number of allylic oxidation sites excluding steroid dienone is 8. The minimum Gasteiger partial charge on any atom is -0.457 e. The highest BCUT2D eigenvalue weighted by molar-refractivity contribution is 5.69. The van der Waals surface area contributed by atoms with Gasteiger partial charge in [-0.05, 0) is 51.4 Å². The van der Waals surface area contributed by atoms with Gasteiger partial charge >= 0.3 is 5.97 Å². The molecular weight excluding hydrogens is 660 g/mol. The molecular formula is C43H76O9. The van der Waals surface area contributed by atoms with Crippen molar-refractivity contribution in [3.63, 3.8) is 0 Å². The van der Waals surface area contributed by atoms with E-state index in [9.17, 15) is 25.2 Å². The molecule has 0 aromatic heterocycles. The maximum atomic E-state index is 12.4. The molecule has 302 valence electrons. The number of rotatable bonds is 34. The van der Waals surface area contributed by atoms with Crippen molar-refractivity contribution in [1.29, 1.82) is 0 Å². The topological polar surface area (TPSA) is 135 Å². The van der Waals surface area contributed by atoms with Gasteiger partial charge < -0.3 is 39.4 Å². The van der Waals surface area contributed by atoms with E-state index in [0.29, 0.717) is 13.0 Å². The normalized spacial score (nSPS) is 21.7. The minimum absolute atomic E-state index is 0.116. The first-order valence-corrected chi connectivity index (χ1v) is 20.7. The Bertz CT molecular complexity index is 932. The Labute approximate surface area is 316 Å². The zero-order valence-electron chi connectivity index (χ0n) is 32.8. The van der Waals surface area contributed by atoms with Crippen molar-refractivity contribution >= 4 is 5.97 Å². The van der Waals surface area contributed by atoms with Gasteiger partial charge in [0.2, 0.25) is 0 Å². The van der Waals surface area contributed by atoms with E-state index in [2.05, 4.69) is 62.5 Å². The molecule has 1 aliphatic rings. The third-order valence-electron chi connectivity index (χ3n) is 9.26. The molecule has 1 rings (SSSR count). The highest BCUT2D eigenvalue weighted by Gasteiger charge is 2.44. The fraction of sp³-hybridized carbons (Fsp3) is 0.791. The van der Waals surface area contributed by atoms with E-state index in [1.807, 2.05) is 0 Å². The molecule has 1 heterocycles. The largest absolute Gasteiger partial charge is 0.457 e. The van der Waals surface area contributed by atoms with Crippen molar-refractivity contribution < 1.29 is 44.2 Å². The number of ether oxygens (including phenoxy) is 4. The molecule has 6 atom stereocenters. The first-order valence-electron chi connectivity index (χ1n) is 20.7. The zero-order valence-corrected chi connectivity index (χ0v) is 32.8. The van der Waals surface area contributed by atoms with Crippen LogP contribution in [0.4, 0.5) is 0 Å². The monoisotopic (exact) mass is 737 g/mol. The van der Waals surface area contributed by atoms with Gasteiger partial charge in [0.15, 0.2) is 6.29 Å². The molecule has 0 radical (unpaired) electrons. The van der Waals surface area contributed by atoms with Gasteiger partial charge in [0.1, 0.15) is 30.5 Å². The van der Waals surface area contributed by atoms with Crippen LogP contribution in [-0.2, 0) is 23.7 Å². The highest BCUT2D eigenvalue weighted by atomic mass is 16.7. The molecule has 52 heavy (non-hydrogen) atoms. The summed E-state index contributed by atoms with van der Waals surface area (Å²) in [7, 11) is 0. The van der Waals surface area contributed by atoms with Crippen molar-refractivity contribution in [2.45, 2.75) is 192 Å². The molecule has 9 heteroatoms. The summed E-state index contributed by atoms with van der Waals surface area (Å²) in [5, 5.41) is 39.7. The van der Waals surface area contributed by atoms with Gasteiger partial charge in [-0.15, -0.1) is 0 Å². The van der Waals surface area contributed by atoms with Gasteiger partial charge in [0, 0.05) is 13.0 Å². The number of unbranched alkanes of at least 4 members (excludes halogenated alkanes) is 15. The van der Waals surface area contributed by atoms with E-state index in [-0.39, 0.29) is 19.2 Å². The molecule has 0 bridgehead atoms. The van der Waals surface area contributed by atoms with Crippen molar-refractivity contribution in [3.05, 3.63) is 48.6 Å². The van der Waals surface area contributed by atoms with Crippen LogP contribution in [0, 0.1) is 0 Å². The van der Waals surface area contributed by atoms with Crippen molar-refractivity contribution in [2.24, 2.45) is 0 Å². The van der Waals surface area contributed by atoms with Gasteiger partial charge in [0.05, 0.1) is 19.8 Å². The second-order valence-corrected chi connectivity index (χ2v) is 14.1. The highest BCUT2D eigenvalue weighted by Crippen LogP contribution is 2.22. The maximum absolute atomic E-state index is 12.4. The quantitative estimate of drug-likeness (QED) is 0.0291. The molecule has 0 spiro atoms. The number of esters is 1. The lowest BCUT2D eigenvalue weighted by atomic mass is 9.99. The SMILES string of the molecule is CC/C=C\C/C=C\C/C=C\C/C=C\CCCCCCCCCCCCCCCOCC(COC1OC(CO)C(O)C(O)C1O)OC(=O)CCCCC. The zero-order chi connectivity index (χ0) is 37.9. The number of carbonyl (C=O) groups is 1. The second kappa shape index (κ2) is 34.9. The van der Waals surface area contributed by atoms with Crippen LogP contribution in [-0.4, -0.2) is 89.6 Å². The smallest absolute Gasteiger partial charge is 0.306 e. The predicted molar refractivity (Wildman–Crippen MR) is 210 cm³/mol. The number of carbonyl (C=O) groups excluding carboxylic acids is 1. The Hall–Kier alpha value is -1.85. The fourth-order valence-electron chi connectivity index (χ4n) is 6.01. The third kappa shape index (κ3) is 26.0. The van der Waals surface area contributed by atoms with Gasteiger partial charge in [0.25, 0.3) is 0 Å². The summed E-state index contributed by atoms with van der Waals surface area (Å²) >= 11 is 0. The summed E-state index contributed by atoms with van der Waals surface area (Å²) in [6, 6.07) is 0. The Kier molecular flexibility index (Phi) is 32.3. The van der Waals surface area contributed by atoms with Crippen LogP contribution >= 0.6 is 0 Å². The fourth-order valence-corrected chi connectivity index (χ4v) is 6.01. The lowest BCUT2D eigenvalue weighted by Gasteiger charge is -2.39. The van der Waals surface area contributed by atoms with Crippen LogP contribution in [0.3, 0.4) is 0 Å². The maximum Gasteiger partial charge on any atom is 0.306 e. The lowest BCUT2D eigenvalue weighted by molar-refractivity contribution is -0.305. The van der Waals surface area contributed by atoms with E-state index in [1.165, 1.54) is 77.0 Å². The Morgan fingerprint density at radius 3 is 1.73 bits per heavy atom. The summed E-state index contributed by atoms with van der Waals surface area (Å²) in [4.78, 5) is 12.4. The van der Waals surface area contributed by atoms with E-state index < -0.39 is 43.4 Å². The Balaban J connectivity index is 2.04. The van der Waals surface area contributed by atoms with Crippen molar-refractivity contribution in [2.75, 3.05) is 26.4 Å². The van der Waals surface area contributed by atoms with Crippen LogP contribution in [0.2, 0.25) is 0 Å². The van der Waals surface area contributed by atoms with Crippen LogP contribution in [0.15, 0.2) is 48.6 Å². The van der Waals surface area contributed by atoms with E-state index in [1.54, 1.807) is 0 Å². The van der Waals surface area contributed by atoms with Crippen LogP contribution in [0.1, 0.15) is 155 Å². The van der Waals surface area contributed by atoms with Crippen LogP contribution < -0.4 is 0 Å². The molecule has 1 aliphatic heterocycles. The first kappa shape index (κ1) is 48.2. The number of hydrogen-bond acceptors (Lipinski definition) is 9. The number of aliphatic hydroxyl groups excluding tert-OH is 4. The van der Waals surface area contributed by atoms with Gasteiger partial charge in [-0.1, -0.05) is 146 Å². The van der Waals surface area contributed by atoms with E-state index >= 15 is 0 Å². The summed E-state index contributed by atoms with van der Waals surface area (Å²) < 4.78 is 22.5. The molecule has 1 fully saturated rings. The molecule has 0 aromatic rings.